The van der Waals surface area contributed by atoms with Gasteiger partial charge in [-0.3, -0.25) is 0 Å². The van der Waals surface area contributed by atoms with Crippen LogP contribution >= 0.6 is 23.1 Å². The molecule has 0 saturated heterocycles. The monoisotopic (exact) mass is 448 g/mol. The van der Waals surface area contributed by atoms with E-state index in [4.69, 9.17) is 0 Å². The first-order valence-corrected chi connectivity index (χ1v) is 11.6. The number of benzene rings is 3. The maximum absolute atomic E-state index is 9.80. The average Bonchev–Trinajstić information content (AvgIpc) is 3.40. The predicted octanol–water partition coefficient (Wildman–Crippen LogP) is 6.83. The van der Waals surface area contributed by atoms with Crippen LogP contribution in [0.3, 0.4) is 0 Å². The maximum Gasteiger partial charge on any atom is 0.156 e. The van der Waals surface area contributed by atoms with Gasteiger partial charge in [-0.2, -0.15) is 10.5 Å². The Morgan fingerprint density at radius 2 is 1.78 bits per heavy atom. The molecule has 0 bridgehead atoms. The van der Waals surface area contributed by atoms with Gasteiger partial charge in [-0.05, 0) is 47.7 Å². The van der Waals surface area contributed by atoms with Gasteiger partial charge in [0.05, 0.1) is 26.8 Å². The van der Waals surface area contributed by atoms with Crippen LogP contribution in [0, 0.1) is 22.7 Å². The summed E-state index contributed by atoms with van der Waals surface area (Å²) in [5, 5.41) is 20.3. The second-order valence-electron chi connectivity index (χ2n) is 7.17. The van der Waals surface area contributed by atoms with Gasteiger partial charge in [0.25, 0.3) is 0 Å². The summed E-state index contributed by atoms with van der Waals surface area (Å²) in [7, 11) is 0. The standard InChI is InChI=1S/C26H16N4S2/c27-14-18-7-1-2-8-19(18)16-30-17-20(22-9-3-5-11-24(22)30)13-21(15-28)31-26-29-23-10-4-6-12-25(23)32-26/h1-13,17H,16H2/b21-13+. The van der Waals surface area contributed by atoms with Crippen LogP contribution in [0.1, 0.15) is 16.7 Å². The molecule has 5 rings (SSSR count). The molecule has 3 aromatic carbocycles. The zero-order valence-corrected chi connectivity index (χ0v) is 18.5. The molecule has 0 spiro atoms. The van der Waals surface area contributed by atoms with Crippen molar-refractivity contribution in [2.75, 3.05) is 0 Å². The van der Waals surface area contributed by atoms with Crippen LogP contribution < -0.4 is 0 Å². The Morgan fingerprint density at radius 1 is 1.00 bits per heavy atom. The van der Waals surface area contributed by atoms with Crippen LogP contribution in [0.4, 0.5) is 0 Å². The third-order valence-electron chi connectivity index (χ3n) is 5.17. The molecule has 0 amide bonds. The fourth-order valence-corrected chi connectivity index (χ4v) is 5.65. The summed E-state index contributed by atoms with van der Waals surface area (Å²) >= 11 is 2.98. The van der Waals surface area contributed by atoms with Crippen molar-refractivity contribution in [2.24, 2.45) is 0 Å². The molecular formula is C26H16N4S2. The number of fused-ring (bicyclic) bond motifs is 2. The SMILES string of the molecule is N#C/C(=C\c1cn(Cc2ccccc2C#N)c2ccccc12)Sc1nc2ccccc2s1. The lowest BCUT2D eigenvalue weighted by Gasteiger charge is -2.07. The van der Waals surface area contributed by atoms with Crippen molar-refractivity contribution in [1.29, 1.82) is 10.5 Å². The minimum absolute atomic E-state index is 0.587. The van der Waals surface area contributed by atoms with Crippen molar-refractivity contribution >= 4 is 50.3 Å². The molecule has 2 aromatic heterocycles. The van der Waals surface area contributed by atoms with E-state index in [1.54, 1.807) is 11.3 Å². The van der Waals surface area contributed by atoms with E-state index in [0.29, 0.717) is 17.0 Å². The molecule has 6 heteroatoms. The zero-order chi connectivity index (χ0) is 21.9. The number of allylic oxidation sites excluding steroid dienone is 1. The third-order valence-corrected chi connectivity index (χ3v) is 7.19. The minimum atomic E-state index is 0.587. The molecule has 0 aliphatic heterocycles. The number of hydrogen-bond donors (Lipinski definition) is 0. The highest BCUT2D eigenvalue weighted by molar-refractivity contribution is 8.05. The van der Waals surface area contributed by atoms with Crippen molar-refractivity contribution in [3.05, 3.63) is 101 Å². The molecule has 0 radical (unpaired) electrons. The van der Waals surface area contributed by atoms with Crippen LogP contribution in [0.2, 0.25) is 0 Å². The van der Waals surface area contributed by atoms with E-state index in [9.17, 15) is 10.5 Å². The molecule has 0 aliphatic carbocycles. The highest BCUT2D eigenvalue weighted by atomic mass is 32.2. The van der Waals surface area contributed by atoms with E-state index in [2.05, 4.69) is 40.0 Å². The highest BCUT2D eigenvalue weighted by Crippen LogP contribution is 2.35. The van der Waals surface area contributed by atoms with E-state index in [1.807, 2.05) is 66.7 Å². The van der Waals surface area contributed by atoms with Crippen molar-refractivity contribution in [2.45, 2.75) is 10.9 Å². The first-order chi connectivity index (χ1) is 15.7. The topological polar surface area (TPSA) is 65.4 Å². The Morgan fingerprint density at radius 3 is 2.62 bits per heavy atom. The zero-order valence-electron chi connectivity index (χ0n) is 16.9. The Balaban J connectivity index is 1.52. The first kappa shape index (κ1) is 20.1. The lowest BCUT2D eigenvalue weighted by atomic mass is 10.1. The van der Waals surface area contributed by atoms with Crippen LogP contribution in [-0.2, 0) is 6.54 Å². The number of para-hydroxylation sites is 2. The Labute approximate surface area is 193 Å². The van der Waals surface area contributed by atoms with Crippen LogP contribution in [0.15, 0.2) is 88.2 Å². The smallest absolute Gasteiger partial charge is 0.156 e. The van der Waals surface area contributed by atoms with Crippen LogP contribution in [0.5, 0.6) is 0 Å². The van der Waals surface area contributed by atoms with E-state index in [1.165, 1.54) is 11.8 Å². The fraction of sp³-hybridized carbons (Fsp3) is 0.0385. The van der Waals surface area contributed by atoms with Gasteiger partial charge in [0, 0.05) is 29.2 Å². The molecule has 0 N–H and O–H groups in total. The maximum atomic E-state index is 9.80. The summed E-state index contributed by atoms with van der Waals surface area (Å²) in [5.74, 6) is 0. The van der Waals surface area contributed by atoms with Crippen LogP contribution in [-0.4, -0.2) is 9.55 Å². The lowest BCUT2D eigenvalue weighted by Crippen LogP contribution is -2.00. The normalized spacial score (nSPS) is 11.5. The van der Waals surface area contributed by atoms with Crippen LogP contribution in [0.25, 0.3) is 27.2 Å². The second-order valence-corrected chi connectivity index (χ2v) is 9.49. The van der Waals surface area contributed by atoms with Crippen molar-refractivity contribution < 1.29 is 0 Å². The summed E-state index contributed by atoms with van der Waals surface area (Å²) in [6.07, 6.45) is 3.97. The predicted molar refractivity (Wildman–Crippen MR) is 131 cm³/mol. The van der Waals surface area contributed by atoms with Gasteiger partial charge < -0.3 is 4.57 Å². The van der Waals surface area contributed by atoms with E-state index in [0.717, 1.165) is 36.6 Å². The highest BCUT2D eigenvalue weighted by Gasteiger charge is 2.12. The van der Waals surface area contributed by atoms with Crippen molar-refractivity contribution in [3.8, 4) is 12.1 Å². The number of thioether (sulfide) groups is 1. The van der Waals surface area contributed by atoms with Gasteiger partial charge in [-0.1, -0.05) is 48.5 Å². The third kappa shape index (κ3) is 3.90. The molecular weight excluding hydrogens is 432 g/mol. The summed E-state index contributed by atoms with van der Waals surface area (Å²) < 4.78 is 4.10. The average molecular weight is 449 g/mol. The van der Waals surface area contributed by atoms with E-state index < -0.39 is 0 Å². The summed E-state index contributed by atoms with van der Waals surface area (Å²) in [5.41, 5.74) is 4.63. The summed E-state index contributed by atoms with van der Waals surface area (Å²) in [6.45, 7) is 0.588. The van der Waals surface area contributed by atoms with Gasteiger partial charge in [-0.15, -0.1) is 11.3 Å². The molecule has 5 aromatic rings. The Kier molecular flexibility index (Phi) is 5.47. The number of nitriles is 2. The molecule has 0 atom stereocenters. The van der Waals surface area contributed by atoms with Crippen molar-refractivity contribution in [3.63, 3.8) is 0 Å². The number of thiazole rings is 1. The molecule has 4 nitrogen and oxygen atoms in total. The van der Waals surface area contributed by atoms with Gasteiger partial charge in [0.1, 0.15) is 6.07 Å². The molecule has 0 aliphatic rings. The number of hydrogen-bond acceptors (Lipinski definition) is 5. The van der Waals surface area contributed by atoms with Gasteiger partial charge in [0.15, 0.2) is 4.34 Å². The van der Waals surface area contributed by atoms with Gasteiger partial charge >= 0.3 is 0 Å². The largest absolute Gasteiger partial charge is 0.342 e. The molecule has 0 unspecified atom stereocenters. The number of rotatable bonds is 5. The van der Waals surface area contributed by atoms with E-state index in [-0.39, 0.29) is 0 Å². The molecule has 0 fully saturated rings. The lowest BCUT2D eigenvalue weighted by molar-refractivity contribution is 0.833. The van der Waals surface area contributed by atoms with E-state index >= 15 is 0 Å². The first-order valence-electron chi connectivity index (χ1n) is 9.96. The molecule has 152 valence electrons. The second kappa shape index (κ2) is 8.72. The summed E-state index contributed by atoms with van der Waals surface area (Å²) in [4.78, 5) is 5.23. The summed E-state index contributed by atoms with van der Waals surface area (Å²) in [6, 6.07) is 28.4. The van der Waals surface area contributed by atoms with Gasteiger partial charge in [-0.25, -0.2) is 4.98 Å². The number of aromatic nitrogens is 2. The quantitative estimate of drug-likeness (QED) is 0.218. The molecule has 2 heterocycles. The van der Waals surface area contributed by atoms with Gasteiger partial charge in [0.2, 0.25) is 0 Å². The fourth-order valence-electron chi connectivity index (χ4n) is 3.69. The molecule has 0 saturated carbocycles. The molecule has 32 heavy (non-hydrogen) atoms. The van der Waals surface area contributed by atoms with Crippen molar-refractivity contribution in [1.82, 2.24) is 9.55 Å². The Bertz CT molecular complexity index is 1530. The minimum Gasteiger partial charge on any atom is -0.342 e. The Hall–Kier alpha value is -3.84. The number of nitrogens with zero attached hydrogens (tertiary/aromatic N) is 4.